The van der Waals surface area contributed by atoms with E-state index in [9.17, 15) is 13.5 Å². The molecule has 0 radical (unpaired) electrons. The molecule has 0 bridgehead atoms. The third-order valence-corrected chi connectivity index (χ3v) is 8.07. The van der Waals surface area contributed by atoms with Crippen molar-refractivity contribution in [1.82, 2.24) is 19.3 Å². The normalized spacial score (nSPS) is 11.5. The molecule has 11 nitrogen and oxygen atoms in total. The minimum Gasteiger partial charge on any atom is -0.507 e. The number of rotatable bonds is 10. The predicted octanol–water partition coefficient (Wildman–Crippen LogP) is 4.22. The van der Waals surface area contributed by atoms with Gasteiger partial charge in [0.05, 0.1) is 28.4 Å². The van der Waals surface area contributed by atoms with E-state index in [1.54, 1.807) is 28.9 Å². The quantitative estimate of drug-likeness (QED) is 0.167. The van der Waals surface area contributed by atoms with Crippen molar-refractivity contribution >= 4 is 37.4 Å². The Morgan fingerprint density at radius 3 is 2.52 bits per heavy atom. The van der Waals surface area contributed by atoms with Gasteiger partial charge in [0.25, 0.3) is 0 Å². The van der Waals surface area contributed by atoms with E-state index < -0.39 is 10.0 Å². The lowest BCUT2D eigenvalue weighted by molar-refractivity contribution is 0.305. The molecule has 0 aliphatic heterocycles. The zero-order chi connectivity index (χ0) is 28.3. The van der Waals surface area contributed by atoms with E-state index in [-0.39, 0.29) is 22.9 Å². The van der Waals surface area contributed by atoms with Crippen molar-refractivity contribution in [1.29, 1.82) is 0 Å². The van der Waals surface area contributed by atoms with Crippen molar-refractivity contribution in [3.05, 3.63) is 94.6 Å². The van der Waals surface area contributed by atoms with Crippen LogP contribution in [-0.2, 0) is 23.1 Å². The topological polar surface area (TPSA) is 153 Å². The van der Waals surface area contributed by atoms with Gasteiger partial charge in [-0.3, -0.25) is 0 Å². The Balaban J connectivity index is 1.33. The molecule has 2 heterocycles. The first kappa shape index (κ1) is 27.4. The molecule has 0 aliphatic carbocycles. The van der Waals surface area contributed by atoms with Crippen molar-refractivity contribution in [3.63, 3.8) is 0 Å². The van der Waals surface area contributed by atoms with Gasteiger partial charge in [-0.25, -0.2) is 18.1 Å². The number of aromatic hydroxyl groups is 1. The van der Waals surface area contributed by atoms with Crippen molar-refractivity contribution < 1.29 is 23.1 Å². The maximum absolute atomic E-state index is 12.9. The lowest BCUT2D eigenvalue weighted by Gasteiger charge is -2.13. The molecule has 0 aliphatic rings. The Morgan fingerprint density at radius 2 is 1.77 bits per heavy atom. The second kappa shape index (κ2) is 11.5. The maximum Gasteiger partial charge on any atom is 0.241 e. The molecular formula is C27H25BrN6O5S. The van der Waals surface area contributed by atoms with Crippen LogP contribution in [0.25, 0.3) is 16.9 Å². The van der Waals surface area contributed by atoms with Crippen LogP contribution in [0.15, 0.2) is 88.4 Å². The standard InChI is InChI=1S/C27H25BrN6O5S/c1-38-24-10-9-19(12-25(24)39-29)40(36,37)32-15-18-6-4-5-17(11-18)14-30-26-13-22(20-7-2-3-8-23(20)35)33-27-21(28)16-31-34(26)27/h2-13,16,30,32,35H,14-15,29H2,1H3. The number of hydrogen-bond acceptors (Lipinski definition) is 9. The number of benzene rings is 3. The monoisotopic (exact) mass is 624 g/mol. The van der Waals surface area contributed by atoms with Gasteiger partial charge in [-0.2, -0.15) is 15.5 Å². The second-order valence-corrected chi connectivity index (χ2v) is 11.3. The van der Waals surface area contributed by atoms with Crippen molar-refractivity contribution in [2.75, 3.05) is 12.4 Å². The first-order valence-electron chi connectivity index (χ1n) is 12.0. The van der Waals surface area contributed by atoms with E-state index in [4.69, 9.17) is 15.5 Å². The summed E-state index contributed by atoms with van der Waals surface area (Å²) >= 11 is 3.49. The number of nitrogens with one attached hydrogen (secondary N) is 2. The molecule has 0 saturated carbocycles. The highest BCUT2D eigenvalue weighted by Gasteiger charge is 2.18. The van der Waals surface area contributed by atoms with Crippen molar-refractivity contribution in [3.8, 4) is 28.5 Å². The van der Waals surface area contributed by atoms with Gasteiger partial charge >= 0.3 is 0 Å². The van der Waals surface area contributed by atoms with Gasteiger partial charge in [-0.1, -0.05) is 36.4 Å². The molecule has 5 aromatic rings. The Morgan fingerprint density at radius 1 is 1.00 bits per heavy atom. The van der Waals surface area contributed by atoms with E-state index in [2.05, 4.69) is 36.1 Å². The zero-order valence-corrected chi connectivity index (χ0v) is 23.6. The number of anilines is 1. The second-order valence-electron chi connectivity index (χ2n) is 8.70. The number of para-hydroxylation sites is 1. The number of fused-ring (bicyclic) bond motifs is 1. The molecule has 40 heavy (non-hydrogen) atoms. The summed E-state index contributed by atoms with van der Waals surface area (Å²) in [6, 6.07) is 20.5. The molecule has 0 fully saturated rings. The van der Waals surface area contributed by atoms with Crippen LogP contribution in [0.4, 0.5) is 5.82 Å². The third-order valence-electron chi connectivity index (χ3n) is 6.11. The maximum atomic E-state index is 12.9. The lowest BCUT2D eigenvalue weighted by atomic mass is 10.1. The minimum absolute atomic E-state index is 0.00100. The number of phenolic OH excluding ortho intramolecular Hbond substituents is 1. The molecule has 206 valence electrons. The fraction of sp³-hybridized carbons (Fsp3) is 0.111. The van der Waals surface area contributed by atoms with Crippen LogP contribution < -0.4 is 25.5 Å². The van der Waals surface area contributed by atoms with Crippen LogP contribution in [-0.4, -0.2) is 35.2 Å². The number of aromatic nitrogens is 3. The largest absolute Gasteiger partial charge is 0.507 e. The molecule has 5 rings (SSSR count). The van der Waals surface area contributed by atoms with E-state index in [1.165, 1.54) is 25.3 Å². The van der Waals surface area contributed by atoms with Crippen LogP contribution in [0.3, 0.4) is 0 Å². The summed E-state index contributed by atoms with van der Waals surface area (Å²) < 4.78 is 35.8. The Labute approximate surface area is 238 Å². The molecule has 0 spiro atoms. The molecule has 0 saturated heterocycles. The number of methoxy groups -OCH3 is 1. The summed E-state index contributed by atoms with van der Waals surface area (Å²) in [5.74, 6) is 6.46. The van der Waals surface area contributed by atoms with E-state index in [1.807, 2.05) is 36.4 Å². The first-order valence-corrected chi connectivity index (χ1v) is 14.3. The summed E-state index contributed by atoms with van der Waals surface area (Å²) in [5.41, 5.74) is 3.45. The summed E-state index contributed by atoms with van der Waals surface area (Å²) in [4.78, 5) is 9.39. The molecule has 3 aromatic carbocycles. The van der Waals surface area contributed by atoms with Crippen LogP contribution in [0.2, 0.25) is 0 Å². The summed E-state index contributed by atoms with van der Waals surface area (Å²) in [6.45, 7) is 0.497. The highest BCUT2D eigenvalue weighted by atomic mass is 79.9. The highest BCUT2D eigenvalue weighted by Crippen LogP contribution is 2.31. The van der Waals surface area contributed by atoms with Crippen molar-refractivity contribution in [2.45, 2.75) is 18.0 Å². The number of phenols is 1. The number of halogens is 1. The van der Waals surface area contributed by atoms with Gasteiger partial charge in [0, 0.05) is 30.8 Å². The summed E-state index contributed by atoms with van der Waals surface area (Å²) in [5, 5.41) is 18.1. The zero-order valence-electron chi connectivity index (χ0n) is 21.2. The van der Waals surface area contributed by atoms with E-state index in [0.717, 1.165) is 11.1 Å². The molecule has 2 aromatic heterocycles. The number of hydrogen-bond donors (Lipinski definition) is 4. The van der Waals surface area contributed by atoms with Crippen LogP contribution in [0.5, 0.6) is 17.2 Å². The van der Waals surface area contributed by atoms with E-state index in [0.29, 0.717) is 39.5 Å². The van der Waals surface area contributed by atoms with Gasteiger partial charge in [-0.15, -0.1) is 0 Å². The molecule has 0 amide bonds. The first-order chi connectivity index (χ1) is 19.3. The molecule has 0 atom stereocenters. The highest BCUT2D eigenvalue weighted by molar-refractivity contribution is 9.10. The van der Waals surface area contributed by atoms with Gasteiger partial charge < -0.3 is 20.0 Å². The average Bonchev–Trinajstić information content (AvgIpc) is 3.35. The van der Waals surface area contributed by atoms with Gasteiger partial charge in [0.15, 0.2) is 17.1 Å². The Kier molecular flexibility index (Phi) is 7.89. The summed E-state index contributed by atoms with van der Waals surface area (Å²) in [7, 11) is -2.41. The SMILES string of the molecule is COc1ccc(S(=O)(=O)NCc2cccc(CNc3cc(-c4ccccc4O)nc4c(Br)cnn34)c2)cc1ON. The predicted molar refractivity (Wildman–Crippen MR) is 153 cm³/mol. The van der Waals surface area contributed by atoms with E-state index >= 15 is 0 Å². The van der Waals surface area contributed by atoms with Gasteiger partial charge in [-0.05, 0) is 51.3 Å². The molecule has 5 N–H and O–H groups in total. The van der Waals surface area contributed by atoms with Crippen molar-refractivity contribution in [2.24, 2.45) is 5.90 Å². The number of sulfonamides is 1. The summed E-state index contributed by atoms with van der Waals surface area (Å²) in [6.07, 6.45) is 1.65. The molecule has 13 heteroatoms. The Bertz CT molecular complexity index is 1790. The number of nitrogens with two attached hydrogens (primary N) is 1. The fourth-order valence-corrected chi connectivity index (χ4v) is 5.49. The minimum atomic E-state index is -3.84. The third kappa shape index (κ3) is 5.72. The van der Waals surface area contributed by atoms with Crippen LogP contribution in [0.1, 0.15) is 11.1 Å². The van der Waals surface area contributed by atoms with Crippen LogP contribution in [0, 0.1) is 0 Å². The van der Waals surface area contributed by atoms with Gasteiger partial charge in [0.1, 0.15) is 11.6 Å². The van der Waals surface area contributed by atoms with Crippen LogP contribution >= 0.6 is 15.9 Å². The number of nitrogens with zero attached hydrogens (tertiary/aromatic N) is 3. The number of ether oxygens (including phenoxy) is 1. The molecular weight excluding hydrogens is 600 g/mol. The molecule has 0 unspecified atom stereocenters. The average molecular weight is 626 g/mol. The smallest absolute Gasteiger partial charge is 0.241 e. The Hall–Kier alpha value is -4.17. The fourth-order valence-electron chi connectivity index (χ4n) is 4.11. The van der Waals surface area contributed by atoms with Gasteiger partial charge in [0.2, 0.25) is 10.0 Å². The lowest BCUT2D eigenvalue weighted by Crippen LogP contribution is -2.23.